The Morgan fingerprint density at radius 1 is 1.32 bits per heavy atom. The third-order valence-electron chi connectivity index (χ3n) is 2.53. The van der Waals surface area contributed by atoms with E-state index in [0.717, 1.165) is 16.2 Å². The van der Waals surface area contributed by atoms with Gasteiger partial charge >= 0.3 is 0 Å². The van der Waals surface area contributed by atoms with Crippen molar-refractivity contribution in [3.05, 3.63) is 57.2 Å². The highest BCUT2D eigenvalue weighted by Gasteiger charge is 2.03. The molecule has 0 unspecified atom stereocenters. The normalized spacial score (nSPS) is 11.4. The monoisotopic (exact) mass is 292 g/mol. The molecule has 0 aliphatic carbocycles. The molecular formula is C14H13ClN2OS. The summed E-state index contributed by atoms with van der Waals surface area (Å²) in [6.07, 6.45) is 0.356. The molecule has 19 heavy (non-hydrogen) atoms. The maximum absolute atomic E-state index is 11.7. The Morgan fingerprint density at radius 3 is 2.68 bits per heavy atom. The zero-order chi connectivity index (χ0) is 13.7. The van der Waals surface area contributed by atoms with Gasteiger partial charge in [0.15, 0.2) is 0 Å². The number of carbonyl (C=O) groups is 1. The Hall–Kier alpha value is -1.65. The molecule has 0 saturated heterocycles. The van der Waals surface area contributed by atoms with Crippen LogP contribution in [-0.2, 0) is 11.2 Å². The molecule has 5 heteroatoms. The van der Waals surface area contributed by atoms with Crippen LogP contribution in [0.5, 0.6) is 0 Å². The fourth-order valence-electron chi connectivity index (χ4n) is 1.51. The van der Waals surface area contributed by atoms with Gasteiger partial charge in [-0.15, -0.1) is 11.3 Å². The zero-order valence-corrected chi connectivity index (χ0v) is 12.0. The second-order valence-corrected chi connectivity index (χ2v) is 5.46. The molecule has 2 rings (SSSR count). The minimum Gasteiger partial charge on any atom is -0.273 e. The number of hydrogen-bond donors (Lipinski definition) is 1. The van der Waals surface area contributed by atoms with Gasteiger partial charge in [-0.1, -0.05) is 29.8 Å². The lowest BCUT2D eigenvalue weighted by Crippen LogP contribution is -2.20. The van der Waals surface area contributed by atoms with Crippen molar-refractivity contribution in [3.8, 4) is 0 Å². The van der Waals surface area contributed by atoms with Gasteiger partial charge in [0.2, 0.25) is 5.91 Å². The lowest BCUT2D eigenvalue weighted by atomic mass is 10.1. The van der Waals surface area contributed by atoms with Crippen LogP contribution in [0, 0.1) is 0 Å². The molecule has 0 saturated carbocycles. The van der Waals surface area contributed by atoms with E-state index in [9.17, 15) is 4.79 Å². The number of hydrogen-bond acceptors (Lipinski definition) is 3. The summed E-state index contributed by atoms with van der Waals surface area (Å²) in [4.78, 5) is 12.7. The summed E-state index contributed by atoms with van der Waals surface area (Å²) in [6, 6.07) is 11.2. The number of benzene rings is 1. The molecule has 1 aromatic heterocycles. The number of nitrogens with zero attached hydrogens (tertiary/aromatic N) is 1. The maximum Gasteiger partial charge on any atom is 0.245 e. The van der Waals surface area contributed by atoms with Crippen LogP contribution in [0.1, 0.15) is 17.4 Å². The average molecular weight is 293 g/mol. The molecule has 0 bridgehead atoms. The number of hydrazone groups is 1. The molecule has 1 N–H and O–H groups in total. The van der Waals surface area contributed by atoms with Gasteiger partial charge in [0.1, 0.15) is 0 Å². The molecule has 98 valence electrons. The number of carbonyl (C=O) groups excluding carboxylic acids is 1. The van der Waals surface area contributed by atoms with Gasteiger partial charge in [0.25, 0.3) is 0 Å². The van der Waals surface area contributed by atoms with E-state index in [2.05, 4.69) is 10.5 Å². The van der Waals surface area contributed by atoms with Crippen molar-refractivity contribution < 1.29 is 4.79 Å². The van der Waals surface area contributed by atoms with Crippen LogP contribution >= 0.6 is 22.9 Å². The SMILES string of the molecule is CC(=NNC(=O)Cc1cccs1)c1ccc(Cl)cc1. The van der Waals surface area contributed by atoms with E-state index in [0.29, 0.717) is 11.4 Å². The lowest BCUT2D eigenvalue weighted by molar-refractivity contribution is -0.120. The van der Waals surface area contributed by atoms with Gasteiger partial charge in [0, 0.05) is 9.90 Å². The van der Waals surface area contributed by atoms with Crippen molar-refractivity contribution in [1.82, 2.24) is 5.43 Å². The third-order valence-corrected chi connectivity index (χ3v) is 3.65. The summed E-state index contributed by atoms with van der Waals surface area (Å²) in [6.45, 7) is 1.84. The Balaban J connectivity index is 1.94. The first-order valence-corrected chi connectivity index (χ1v) is 7.02. The molecule has 1 aromatic carbocycles. The molecule has 3 nitrogen and oxygen atoms in total. The van der Waals surface area contributed by atoms with Crippen molar-refractivity contribution >= 4 is 34.6 Å². The van der Waals surface area contributed by atoms with Crippen LogP contribution in [0.15, 0.2) is 46.9 Å². The summed E-state index contributed by atoms with van der Waals surface area (Å²) in [5.41, 5.74) is 4.23. The molecule has 1 amide bonds. The van der Waals surface area contributed by atoms with Crippen LogP contribution in [0.2, 0.25) is 5.02 Å². The number of nitrogens with one attached hydrogen (secondary N) is 1. The van der Waals surface area contributed by atoms with Crippen molar-refractivity contribution in [1.29, 1.82) is 0 Å². The molecule has 2 aromatic rings. The largest absolute Gasteiger partial charge is 0.273 e. The highest BCUT2D eigenvalue weighted by Crippen LogP contribution is 2.10. The van der Waals surface area contributed by atoms with E-state index < -0.39 is 0 Å². The van der Waals surface area contributed by atoms with E-state index in [1.165, 1.54) is 0 Å². The van der Waals surface area contributed by atoms with Gasteiger partial charge < -0.3 is 0 Å². The number of rotatable bonds is 4. The highest BCUT2D eigenvalue weighted by atomic mass is 35.5. The van der Waals surface area contributed by atoms with Crippen LogP contribution in [0.25, 0.3) is 0 Å². The Bertz CT molecular complexity index is 576. The van der Waals surface area contributed by atoms with E-state index in [1.807, 2.05) is 36.6 Å². The topological polar surface area (TPSA) is 41.5 Å². The maximum atomic E-state index is 11.7. The van der Waals surface area contributed by atoms with Crippen molar-refractivity contribution in [2.24, 2.45) is 5.10 Å². The molecule has 0 spiro atoms. The molecular weight excluding hydrogens is 280 g/mol. The van der Waals surface area contributed by atoms with Gasteiger partial charge in [-0.2, -0.15) is 5.10 Å². The average Bonchev–Trinajstić information content (AvgIpc) is 2.89. The number of thiophene rings is 1. The Labute approximate surface area is 120 Å². The van der Waals surface area contributed by atoms with Crippen molar-refractivity contribution in [2.45, 2.75) is 13.3 Å². The summed E-state index contributed by atoms with van der Waals surface area (Å²) in [7, 11) is 0. The summed E-state index contributed by atoms with van der Waals surface area (Å²) >= 11 is 7.37. The fraction of sp³-hybridized carbons (Fsp3) is 0.143. The van der Waals surface area contributed by atoms with E-state index in [4.69, 9.17) is 11.6 Å². The second-order valence-electron chi connectivity index (χ2n) is 4.00. The Kier molecular flexibility index (Phi) is 4.71. The fourth-order valence-corrected chi connectivity index (χ4v) is 2.34. The van der Waals surface area contributed by atoms with Crippen molar-refractivity contribution in [3.63, 3.8) is 0 Å². The van der Waals surface area contributed by atoms with E-state index >= 15 is 0 Å². The van der Waals surface area contributed by atoms with Gasteiger partial charge in [-0.25, -0.2) is 5.43 Å². The molecule has 0 aliphatic heterocycles. The first-order chi connectivity index (χ1) is 9.15. The van der Waals surface area contributed by atoms with Gasteiger partial charge in [-0.3, -0.25) is 4.79 Å². The minimum absolute atomic E-state index is 0.115. The molecule has 1 heterocycles. The lowest BCUT2D eigenvalue weighted by Gasteiger charge is -2.02. The second kappa shape index (κ2) is 6.50. The molecule has 0 radical (unpaired) electrons. The zero-order valence-electron chi connectivity index (χ0n) is 10.4. The first kappa shape index (κ1) is 13.8. The number of amides is 1. The Morgan fingerprint density at radius 2 is 2.05 bits per heavy atom. The van der Waals surface area contributed by atoms with Crippen LogP contribution in [0.3, 0.4) is 0 Å². The van der Waals surface area contributed by atoms with Crippen LogP contribution in [-0.4, -0.2) is 11.6 Å². The van der Waals surface area contributed by atoms with Crippen LogP contribution < -0.4 is 5.43 Å². The van der Waals surface area contributed by atoms with Gasteiger partial charge in [-0.05, 0) is 36.1 Å². The smallest absolute Gasteiger partial charge is 0.245 e. The highest BCUT2D eigenvalue weighted by molar-refractivity contribution is 7.10. The van der Waals surface area contributed by atoms with Crippen LogP contribution in [0.4, 0.5) is 0 Å². The standard InChI is InChI=1S/C14H13ClN2OS/c1-10(11-4-6-12(15)7-5-11)16-17-14(18)9-13-3-2-8-19-13/h2-8H,9H2,1H3,(H,17,18). The predicted molar refractivity (Wildman–Crippen MR) is 79.8 cm³/mol. The summed E-state index contributed by atoms with van der Waals surface area (Å²) in [5.74, 6) is -0.115. The molecule has 0 fully saturated rings. The quantitative estimate of drug-likeness (QED) is 0.680. The van der Waals surface area contributed by atoms with E-state index in [1.54, 1.807) is 23.5 Å². The first-order valence-electron chi connectivity index (χ1n) is 5.76. The minimum atomic E-state index is -0.115. The predicted octanol–water partition coefficient (Wildman–Crippen LogP) is 3.48. The van der Waals surface area contributed by atoms with Crippen molar-refractivity contribution in [2.75, 3.05) is 0 Å². The molecule has 0 aliphatic rings. The van der Waals surface area contributed by atoms with E-state index in [-0.39, 0.29) is 5.91 Å². The van der Waals surface area contributed by atoms with Gasteiger partial charge in [0.05, 0.1) is 12.1 Å². The summed E-state index contributed by atoms with van der Waals surface area (Å²) in [5, 5.41) is 6.71. The number of halogens is 1. The third kappa shape index (κ3) is 4.19. The molecule has 0 atom stereocenters. The summed E-state index contributed by atoms with van der Waals surface area (Å²) < 4.78 is 0.